The minimum atomic E-state index is -4.55. The topological polar surface area (TPSA) is 93.4 Å². The monoisotopic (exact) mass is 455 g/mol. The number of nitrogens with zero attached hydrogens (tertiary/aromatic N) is 4. The molecule has 1 N–H and O–H groups in total. The fourth-order valence-electron chi connectivity index (χ4n) is 3.50. The summed E-state index contributed by atoms with van der Waals surface area (Å²) in [5.41, 5.74) is -0.569. The number of pyridine rings is 1. The van der Waals surface area contributed by atoms with E-state index in [0.29, 0.717) is 37.7 Å². The van der Waals surface area contributed by atoms with E-state index in [9.17, 15) is 18.0 Å². The van der Waals surface area contributed by atoms with Crippen LogP contribution in [0.15, 0.2) is 15.9 Å². The zero-order chi connectivity index (χ0) is 22.2. The molecule has 12 heteroatoms. The zero-order valence-corrected chi connectivity index (χ0v) is 17.6. The van der Waals surface area contributed by atoms with Crippen LogP contribution in [0.1, 0.15) is 40.5 Å². The molecule has 0 aliphatic carbocycles. The van der Waals surface area contributed by atoms with Crippen molar-refractivity contribution < 1.29 is 27.1 Å². The summed E-state index contributed by atoms with van der Waals surface area (Å²) >= 11 is 0.871. The van der Waals surface area contributed by atoms with E-state index in [0.717, 1.165) is 17.4 Å². The Morgan fingerprint density at radius 3 is 2.71 bits per heavy atom. The molecule has 0 spiro atoms. The summed E-state index contributed by atoms with van der Waals surface area (Å²) in [4.78, 5) is 18.3. The first-order valence-electron chi connectivity index (χ1n) is 9.63. The molecular weight excluding hydrogens is 435 g/mol. The Hall–Kier alpha value is -2.73. The van der Waals surface area contributed by atoms with E-state index < -0.39 is 17.6 Å². The van der Waals surface area contributed by atoms with Gasteiger partial charge in [0.15, 0.2) is 0 Å². The van der Waals surface area contributed by atoms with Gasteiger partial charge >= 0.3 is 6.18 Å². The van der Waals surface area contributed by atoms with Gasteiger partial charge in [0.05, 0.1) is 27.4 Å². The quantitative estimate of drug-likeness (QED) is 0.629. The van der Waals surface area contributed by atoms with E-state index in [4.69, 9.17) is 9.15 Å². The molecule has 0 unspecified atom stereocenters. The number of carbonyl (C=O) groups is 1. The van der Waals surface area contributed by atoms with E-state index in [2.05, 4.69) is 20.5 Å². The van der Waals surface area contributed by atoms with Crippen LogP contribution in [0.2, 0.25) is 0 Å². The fraction of sp³-hybridized carbons (Fsp3) is 0.474. The standard InChI is InChI=1S/C19H20F3N5O3S/c1-10-25-26-15(30-10)8-29-11-3-5-27(6-4-11)14-7-13(19(20,21)22)17-16(24-14)12(9-31-17)18(28)23-2/h7,9,11H,3-6,8H2,1-2H3,(H,23,28). The summed E-state index contributed by atoms with van der Waals surface area (Å²) in [7, 11) is 1.43. The lowest BCUT2D eigenvalue weighted by atomic mass is 10.1. The number of aryl methyl sites for hydroxylation is 1. The summed E-state index contributed by atoms with van der Waals surface area (Å²) in [6, 6.07) is 1.06. The number of fused-ring (bicyclic) bond motifs is 1. The van der Waals surface area contributed by atoms with Crippen molar-refractivity contribution in [3.05, 3.63) is 34.4 Å². The molecular formula is C19H20F3N5O3S. The van der Waals surface area contributed by atoms with Crippen LogP contribution in [-0.4, -0.2) is 47.3 Å². The lowest BCUT2D eigenvalue weighted by Crippen LogP contribution is -2.37. The van der Waals surface area contributed by atoms with Crippen molar-refractivity contribution in [3.63, 3.8) is 0 Å². The molecule has 0 bridgehead atoms. The van der Waals surface area contributed by atoms with E-state index in [1.165, 1.54) is 12.4 Å². The minimum absolute atomic E-state index is 0.0390. The Morgan fingerprint density at radius 1 is 1.35 bits per heavy atom. The Kier molecular flexibility index (Phi) is 5.84. The highest BCUT2D eigenvalue weighted by Gasteiger charge is 2.36. The molecule has 3 aromatic rings. The van der Waals surface area contributed by atoms with Crippen LogP contribution < -0.4 is 10.2 Å². The SMILES string of the molecule is CNC(=O)c1csc2c(C(F)(F)F)cc(N3CCC(OCc4nnc(C)o4)CC3)nc12. The Balaban J connectivity index is 1.53. The lowest BCUT2D eigenvalue weighted by molar-refractivity contribution is -0.136. The number of anilines is 1. The molecule has 8 nitrogen and oxygen atoms in total. The van der Waals surface area contributed by atoms with Crippen LogP contribution in [-0.2, 0) is 17.5 Å². The number of rotatable bonds is 5. The molecule has 0 aromatic carbocycles. The molecule has 1 aliphatic heterocycles. The molecule has 4 heterocycles. The van der Waals surface area contributed by atoms with Gasteiger partial charge in [-0.3, -0.25) is 4.79 Å². The van der Waals surface area contributed by atoms with Gasteiger partial charge in [0.25, 0.3) is 5.91 Å². The van der Waals surface area contributed by atoms with E-state index in [-0.39, 0.29) is 34.3 Å². The Morgan fingerprint density at radius 2 is 2.10 bits per heavy atom. The van der Waals surface area contributed by atoms with Crippen molar-refractivity contribution in [1.82, 2.24) is 20.5 Å². The lowest BCUT2D eigenvalue weighted by Gasteiger charge is -2.33. The predicted molar refractivity (Wildman–Crippen MR) is 107 cm³/mol. The van der Waals surface area contributed by atoms with Crippen LogP contribution >= 0.6 is 11.3 Å². The third-order valence-corrected chi connectivity index (χ3v) is 6.07. The number of alkyl halides is 3. The van der Waals surface area contributed by atoms with E-state index >= 15 is 0 Å². The van der Waals surface area contributed by atoms with Gasteiger partial charge in [-0.2, -0.15) is 13.2 Å². The molecule has 4 rings (SSSR count). The van der Waals surface area contributed by atoms with Crippen LogP contribution in [0.3, 0.4) is 0 Å². The maximum absolute atomic E-state index is 13.7. The first-order chi connectivity index (χ1) is 14.8. The molecule has 0 atom stereocenters. The van der Waals surface area contributed by atoms with Gasteiger partial charge in [-0.15, -0.1) is 21.5 Å². The third-order valence-electron chi connectivity index (χ3n) is 5.06. The second kappa shape index (κ2) is 8.42. The normalized spacial score (nSPS) is 15.6. The first kappa shape index (κ1) is 21.5. The van der Waals surface area contributed by atoms with Crippen LogP contribution in [0.4, 0.5) is 19.0 Å². The molecule has 0 saturated carbocycles. The second-order valence-electron chi connectivity index (χ2n) is 7.14. The maximum atomic E-state index is 13.7. The van der Waals surface area contributed by atoms with E-state index in [1.54, 1.807) is 11.8 Å². The number of piperidine rings is 1. The van der Waals surface area contributed by atoms with Crippen molar-refractivity contribution in [3.8, 4) is 0 Å². The number of nitrogens with one attached hydrogen (secondary N) is 1. The van der Waals surface area contributed by atoms with Crippen molar-refractivity contribution in [2.75, 3.05) is 25.0 Å². The molecule has 1 aliphatic rings. The summed E-state index contributed by atoms with van der Waals surface area (Å²) < 4.78 is 52.1. The highest BCUT2D eigenvalue weighted by Crippen LogP contribution is 2.40. The Bertz CT molecular complexity index is 1090. The molecule has 3 aromatic heterocycles. The van der Waals surface area contributed by atoms with Crippen LogP contribution in [0.5, 0.6) is 0 Å². The van der Waals surface area contributed by atoms with E-state index in [1.807, 2.05) is 0 Å². The van der Waals surface area contributed by atoms with Crippen molar-refractivity contribution >= 4 is 33.3 Å². The summed E-state index contributed by atoms with van der Waals surface area (Å²) in [6.45, 7) is 2.83. The molecule has 166 valence electrons. The van der Waals surface area contributed by atoms with Crippen molar-refractivity contribution in [2.45, 2.75) is 38.7 Å². The highest BCUT2D eigenvalue weighted by molar-refractivity contribution is 7.17. The number of hydrogen-bond donors (Lipinski definition) is 1. The number of thiophene rings is 1. The fourth-order valence-corrected chi connectivity index (χ4v) is 4.52. The number of halogens is 3. The smallest absolute Gasteiger partial charge is 0.417 e. The minimum Gasteiger partial charge on any atom is -0.423 e. The Labute approximate surface area is 179 Å². The summed E-state index contributed by atoms with van der Waals surface area (Å²) in [5.74, 6) is 0.586. The molecule has 1 saturated heterocycles. The number of aromatic nitrogens is 3. The van der Waals surface area contributed by atoms with Crippen LogP contribution in [0.25, 0.3) is 10.2 Å². The predicted octanol–water partition coefficient (Wildman–Crippen LogP) is 3.55. The van der Waals surface area contributed by atoms with Gasteiger partial charge in [0.2, 0.25) is 11.8 Å². The highest BCUT2D eigenvalue weighted by atomic mass is 32.1. The molecule has 1 amide bonds. The van der Waals surface area contributed by atoms with Crippen molar-refractivity contribution in [2.24, 2.45) is 0 Å². The molecule has 0 radical (unpaired) electrons. The molecule has 31 heavy (non-hydrogen) atoms. The van der Waals surface area contributed by atoms with Crippen LogP contribution in [0, 0.1) is 6.92 Å². The van der Waals surface area contributed by atoms with Gasteiger partial charge in [-0.1, -0.05) is 0 Å². The summed E-state index contributed by atoms with van der Waals surface area (Å²) in [5, 5.41) is 11.5. The zero-order valence-electron chi connectivity index (χ0n) is 16.8. The molecule has 1 fully saturated rings. The van der Waals surface area contributed by atoms with Gasteiger partial charge < -0.3 is 19.4 Å². The second-order valence-corrected chi connectivity index (χ2v) is 8.02. The van der Waals surface area contributed by atoms with Gasteiger partial charge in [-0.25, -0.2) is 4.98 Å². The number of hydrogen-bond acceptors (Lipinski definition) is 8. The average molecular weight is 455 g/mol. The number of carbonyl (C=O) groups excluding carboxylic acids is 1. The average Bonchev–Trinajstić information content (AvgIpc) is 3.36. The third kappa shape index (κ3) is 4.49. The van der Waals surface area contributed by atoms with Gasteiger partial charge in [0.1, 0.15) is 12.4 Å². The van der Waals surface area contributed by atoms with Gasteiger partial charge in [0, 0.05) is 32.4 Å². The van der Waals surface area contributed by atoms with Crippen molar-refractivity contribution in [1.29, 1.82) is 0 Å². The number of amides is 1. The van der Waals surface area contributed by atoms with Gasteiger partial charge in [-0.05, 0) is 18.9 Å². The maximum Gasteiger partial charge on any atom is 0.417 e. The number of ether oxygens (including phenoxy) is 1. The summed E-state index contributed by atoms with van der Waals surface area (Å²) in [6.07, 6.45) is -3.40. The first-order valence-corrected chi connectivity index (χ1v) is 10.5. The largest absolute Gasteiger partial charge is 0.423 e.